The molecule has 6 rings (SSSR count). The van der Waals surface area contributed by atoms with Gasteiger partial charge in [0.15, 0.2) is 23.0 Å². The standard InChI is InChI=1S/C33H28ClNO6/c1-38-28-15-22-13-14-35-19-25-24(16-27(35)23(22)17-29(28)40-32(36)20-9-5-3-6-10-20)26(34)18-30(39-2)31(25)41-33(37)21-11-7-4-8-12-21/h3-12,15,17-18,27H,13-14,16,19H2,1-2H3. The lowest BCUT2D eigenvalue weighted by atomic mass is 9.83. The van der Waals surface area contributed by atoms with E-state index in [0.717, 1.165) is 35.2 Å². The van der Waals surface area contributed by atoms with Gasteiger partial charge in [-0.1, -0.05) is 48.0 Å². The average Bonchev–Trinajstić information content (AvgIpc) is 3.02. The first-order chi connectivity index (χ1) is 20.0. The first-order valence-corrected chi connectivity index (χ1v) is 13.7. The minimum absolute atomic E-state index is 0.0186. The fourth-order valence-electron chi connectivity index (χ4n) is 5.63. The Labute approximate surface area is 243 Å². The largest absolute Gasteiger partial charge is 0.493 e. The van der Waals surface area contributed by atoms with Crippen LogP contribution in [0.25, 0.3) is 0 Å². The van der Waals surface area contributed by atoms with Gasteiger partial charge in [0, 0.05) is 35.8 Å². The minimum Gasteiger partial charge on any atom is -0.493 e. The van der Waals surface area contributed by atoms with Gasteiger partial charge in [0.25, 0.3) is 0 Å². The Hall–Kier alpha value is -4.33. The van der Waals surface area contributed by atoms with Crippen molar-refractivity contribution in [1.29, 1.82) is 0 Å². The van der Waals surface area contributed by atoms with E-state index in [-0.39, 0.29) is 6.04 Å². The number of ether oxygens (including phenoxy) is 4. The second-order valence-corrected chi connectivity index (χ2v) is 10.4. The Bertz CT molecular complexity index is 1620. The first-order valence-electron chi connectivity index (χ1n) is 13.3. The minimum atomic E-state index is -0.462. The quantitative estimate of drug-likeness (QED) is 0.195. The summed E-state index contributed by atoms with van der Waals surface area (Å²) < 4.78 is 22.9. The molecule has 0 fully saturated rings. The molecule has 4 aromatic carbocycles. The van der Waals surface area contributed by atoms with Gasteiger partial charge in [-0.3, -0.25) is 4.90 Å². The molecule has 0 amide bonds. The Morgan fingerprint density at radius 1 is 0.780 bits per heavy atom. The summed E-state index contributed by atoms with van der Waals surface area (Å²) in [5, 5.41) is 0.548. The van der Waals surface area contributed by atoms with Crippen LogP contribution in [-0.2, 0) is 19.4 Å². The Kier molecular flexibility index (Phi) is 7.39. The summed E-state index contributed by atoms with van der Waals surface area (Å²) in [5.74, 6) is 0.759. The molecule has 0 bridgehead atoms. The molecule has 2 aliphatic heterocycles. The van der Waals surface area contributed by atoms with Gasteiger partial charge in [-0.2, -0.15) is 0 Å². The smallest absolute Gasteiger partial charge is 0.343 e. The number of hydrogen-bond acceptors (Lipinski definition) is 7. The maximum Gasteiger partial charge on any atom is 0.343 e. The molecule has 2 aliphatic rings. The number of fused-ring (bicyclic) bond motifs is 4. The van der Waals surface area contributed by atoms with Crippen LogP contribution < -0.4 is 18.9 Å². The molecule has 0 aromatic heterocycles. The summed E-state index contributed by atoms with van der Waals surface area (Å²) in [7, 11) is 3.10. The number of hydrogen-bond donors (Lipinski definition) is 0. The van der Waals surface area contributed by atoms with Gasteiger partial charge in [0.1, 0.15) is 0 Å². The highest BCUT2D eigenvalue weighted by Crippen LogP contribution is 2.48. The molecule has 7 nitrogen and oxygen atoms in total. The number of benzene rings is 4. The normalized spacial score (nSPS) is 15.6. The van der Waals surface area contributed by atoms with Crippen LogP contribution in [0.15, 0.2) is 78.9 Å². The van der Waals surface area contributed by atoms with Gasteiger partial charge < -0.3 is 18.9 Å². The van der Waals surface area contributed by atoms with Crippen LogP contribution >= 0.6 is 11.6 Å². The van der Waals surface area contributed by atoms with Crippen molar-refractivity contribution >= 4 is 23.5 Å². The van der Waals surface area contributed by atoms with Crippen molar-refractivity contribution in [2.75, 3.05) is 20.8 Å². The number of methoxy groups -OCH3 is 2. The van der Waals surface area contributed by atoms with Crippen LogP contribution in [0.2, 0.25) is 5.02 Å². The monoisotopic (exact) mass is 569 g/mol. The molecule has 4 aromatic rings. The number of esters is 2. The van der Waals surface area contributed by atoms with E-state index in [9.17, 15) is 9.59 Å². The van der Waals surface area contributed by atoms with Crippen molar-refractivity contribution in [1.82, 2.24) is 4.90 Å². The van der Waals surface area contributed by atoms with Crippen LogP contribution in [-0.4, -0.2) is 37.6 Å². The van der Waals surface area contributed by atoms with Gasteiger partial charge >= 0.3 is 11.9 Å². The molecule has 2 heterocycles. The Balaban J connectivity index is 1.35. The molecule has 0 saturated carbocycles. The van der Waals surface area contributed by atoms with Gasteiger partial charge in [0.2, 0.25) is 0 Å². The maximum atomic E-state index is 13.0. The van der Waals surface area contributed by atoms with Crippen molar-refractivity contribution in [3.05, 3.63) is 117 Å². The fourth-order valence-corrected chi connectivity index (χ4v) is 5.92. The highest BCUT2D eigenvalue weighted by molar-refractivity contribution is 6.31. The molecule has 1 unspecified atom stereocenters. The van der Waals surface area contributed by atoms with E-state index in [1.807, 2.05) is 24.3 Å². The lowest BCUT2D eigenvalue weighted by molar-refractivity contribution is 0.0713. The zero-order chi connectivity index (χ0) is 28.5. The number of halogens is 1. The Morgan fingerprint density at radius 2 is 1.41 bits per heavy atom. The first kappa shape index (κ1) is 26.9. The SMILES string of the molecule is COc1cc2c(cc1OC(=O)c1ccccc1)C1Cc3c(Cl)cc(OC)c(OC(=O)c4ccccc4)c3CN1CC2. The van der Waals surface area contributed by atoms with Crippen LogP contribution in [0.4, 0.5) is 0 Å². The summed E-state index contributed by atoms with van der Waals surface area (Å²) in [5.41, 5.74) is 4.82. The third-order valence-electron chi connectivity index (χ3n) is 7.70. The van der Waals surface area contributed by atoms with Gasteiger partial charge in [-0.25, -0.2) is 9.59 Å². The second-order valence-electron chi connectivity index (χ2n) is 10.0. The molecular weight excluding hydrogens is 542 g/mol. The van der Waals surface area contributed by atoms with E-state index in [0.29, 0.717) is 52.1 Å². The fraction of sp³-hybridized carbons (Fsp3) is 0.212. The van der Waals surface area contributed by atoms with Crippen LogP contribution in [0.3, 0.4) is 0 Å². The molecule has 8 heteroatoms. The van der Waals surface area contributed by atoms with E-state index < -0.39 is 11.9 Å². The molecule has 1 atom stereocenters. The molecule has 41 heavy (non-hydrogen) atoms. The summed E-state index contributed by atoms with van der Waals surface area (Å²) in [6.45, 7) is 1.29. The molecule has 0 N–H and O–H groups in total. The summed E-state index contributed by atoms with van der Waals surface area (Å²) in [4.78, 5) is 28.2. The number of carbonyl (C=O) groups is 2. The lowest BCUT2D eigenvalue weighted by Crippen LogP contribution is -2.39. The predicted molar refractivity (Wildman–Crippen MR) is 154 cm³/mol. The van der Waals surface area contributed by atoms with Gasteiger partial charge in [-0.05, 0) is 65.9 Å². The summed E-state index contributed by atoms with van der Waals surface area (Å²) in [6.07, 6.45) is 1.36. The average molecular weight is 570 g/mol. The highest BCUT2D eigenvalue weighted by Gasteiger charge is 2.37. The van der Waals surface area contributed by atoms with E-state index in [4.69, 9.17) is 30.5 Å². The second kappa shape index (κ2) is 11.3. The topological polar surface area (TPSA) is 74.3 Å². The molecule has 0 radical (unpaired) electrons. The lowest BCUT2D eigenvalue weighted by Gasteiger charge is -2.42. The number of nitrogens with zero attached hydrogens (tertiary/aromatic N) is 1. The molecule has 0 aliphatic carbocycles. The Morgan fingerprint density at radius 3 is 2.05 bits per heavy atom. The maximum absolute atomic E-state index is 13.0. The van der Waals surface area contributed by atoms with Crippen molar-refractivity contribution in [2.24, 2.45) is 0 Å². The van der Waals surface area contributed by atoms with Gasteiger partial charge in [-0.15, -0.1) is 0 Å². The van der Waals surface area contributed by atoms with Crippen molar-refractivity contribution in [2.45, 2.75) is 25.4 Å². The van der Waals surface area contributed by atoms with Crippen LogP contribution in [0.5, 0.6) is 23.0 Å². The zero-order valence-corrected chi connectivity index (χ0v) is 23.4. The predicted octanol–water partition coefficient (Wildman–Crippen LogP) is 6.45. The van der Waals surface area contributed by atoms with Gasteiger partial charge in [0.05, 0.1) is 25.3 Å². The third-order valence-corrected chi connectivity index (χ3v) is 8.03. The molecule has 208 valence electrons. The van der Waals surface area contributed by atoms with Crippen LogP contribution in [0.1, 0.15) is 49.0 Å². The third kappa shape index (κ3) is 5.14. The highest BCUT2D eigenvalue weighted by atomic mass is 35.5. The van der Waals surface area contributed by atoms with Crippen molar-refractivity contribution < 1.29 is 28.5 Å². The zero-order valence-electron chi connectivity index (χ0n) is 22.7. The number of carbonyl (C=O) groups excluding carboxylic acids is 2. The number of rotatable bonds is 6. The van der Waals surface area contributed by atoms with Crippen LogP contribution in [0, 0.1) is 0 Å². The molecule has 0 saturated heterocycles. The summed E-state index contributed by atoms with van der Waals surface area (Å²) in [6, 6.07) is 23.3. The molecular formula is C33H28ClNO6. The van der Waals surface area contributed by atoms with Crippen molar-refractivity contribution in [3.8, 4) is 23.0 Å². The summed E-state index contributed by atoms with van der Waals surface area (Å²) >= 11 is 6.80. The van der Waals surface area contributed by atoms with E-state index in [1.54, 1.807) is 61.7 Å². The van der Waals surface area contributed by atoms with Crippen molar-refractivity contribution in [3.63, 3.8) is 0 Å². The van der Waals surface area contributed by atoms with E-state index in [2.05, 4.69) is 4.90 Å². The van der Waals surface area contributed by atoms with E-state index >= 15 is 0 Å². The van der Waals surface area contributed by atoms with E-state index in [1.165, 1.54) is 7.11 Å². The molecule has 0 spiro atoms.